The SMILES string of the molecule is CCC.Cc1ccc(OC2CC2)cc1. The van der Waals surface area contributed by atoms with Gasteiger partial charge in [-0.2, -0.15) is 0 Å². The fourth-order valence-corrected chi connectivity index (χ4v) is 0.995. The molecule has 0 radical (unpaired) electrons. The zero-order chi connectivity index (χ0) is 10.4. The lowest BCUT2D eigenvalue weighted by atomic mass is 10.2. The molecule has 1 aromatic carbocycles. The lowest BCUT2D eigenvalue weighted by molar-refractivity contribution is 0.303. The van der Waals surface area contributed by atoms with Gasteiger partial charge in [-0.1, -0.05) is 38.0 Å². The molecule has 1 aromatic rings. The van der Waals surface area contributed by atoms with Crippen LogP contribution < -0.4 is 4.74 Å². The fourth-order valence-electron chi connectivity index (χ4n) is 0.995. The standard InChI is InChI=1S/C10H12O.C3H8/c1-8-2-4-9(5-3-8)11-10-6-7-10;1-3-2/h2-5,10H,6-7H2,1H3;3H2,1-2H3. The van der Waals surface area contributed by atoms with Crippen molar-refractivity contribution in [2.75, 3.05) is 0 Å². The quantitative estimate of drug-likeness (QED) is 0.689. The van der Waals surface area contributed by atoms with Crippen LogP contribution in [0.5, 0.6) is 5.75 Å². The largest absolute Gasteiger partial charge is 0.490 e. The molecule has 0 N–H and O–H groups in total. The summed E-state index contributed by atoms with van der Waals surface area (Å²) in [5.74, 6) is 1.01. The molecule has 1 fully saturated rings. The second-order valence-electron chi connectivity index (χ2n) is 3.84. The fraction of sp³-hybridized carbons (Fsp3) is 0.538. The van der Waals surface area contributed by atoms with E-state index in [-0.39, 0.29) is 0 Å². The third-order valence-electron chi connectivity index (χ3n) is 1.85. The minimum Gasteiger partial charge on any atom is -0.490 e. The average Bonchev–Trinajstić information content (AvgIpc) is 2.94. The second-order valence-corrected chi connectivity index (χ2v) is 3.84. The number of ether oxygens (including phenoxy) is 1. The molecule has 0 aromatic heterocycles. The van der Waals surface area contributed by atoms with Crippen LogP contribution in [0.4, 0.5) is 0 Å². The molecule has 0 heterocycles. The van der Waals surface area contributed by atoms with Crippen molar-refractivity contribution >= 4 is 0 Å². The van der Waals surface area contributed by atoms with Crippen molar-refractivity contribution in [3.05, 3.63) is 29.8 Å². The zero-order valence-electron chi connectivity index (χ0n) is 9.42. The summed E-state index contributed by atoms with van der Waals surface area (Å²) in [4.78, 5) is 0. The zero-order valence-corrected chi connectivity index (χ0v) is 9.42. The molecule has 14 heavy (non-hydrogen) atoms. The lowest BCUT2D eigenvalue weighted by Crippen LogP contribution is -1.94. The molecule has 1 aliphatic carbocycles. The molecule has 0 atom stereocenters. The molecular formula is C13H20O. The normalized spacial score (nSPS) is 14.2. The Morgan fingerprint density at radius 1 is 1.14 bits per heavy atom. The maximum absolute atomic E-state index is 5.58. The highest BCUT2D eigenvalue weighted by atomic mass is 16.5. The highest BCUT2D eigenvalue weighted by Crippen LogP contribution is 2.26. The van der Waals surface area contributed by atoms with Gasteiger partial charge in [0.25, 0.3) is 0 Å². The molecule has 0 unspecified atom stereocenters. The summed E-state index contributed by atoms with van der Waals surface area (Å²) in [6, 6.07) is 8.23. The van der Waals surface area contributed by atoms with Crippen LogP contribution in [0.15, 0.2) is 24.3 Å². The van der Waals surface area contributed by atoms with Crippen LogP contribution in [0.1, 0.15) is 38.7 Å². The predicted molar refractivity (Wildman–Crippen MR) is 60.8 cm³/mol. The van der Waals surface area contributed by atoms with Gasteiger partial charge in [0.1, 0.15) is 5.75 Å². The van der Waals surface area contributed by atoms with E-state index >= 15 is 0 Å². The number of aryl methyl sites for hydroxylation is 1. The van der Waals surface area contributed by atoms with E-state index in [1.807, 2.05) is 12.1 Å². The topological polar surface area (TPSA) is 9.23 Å². The lowest BCUT2D eigenvalue weighted by Gasteiger charge is -2.02. The van der Waals surface area contributed by atoms with E-state index in [1.54, 1.807) is 0 Å². The Kier molecular flexibility index (Phi) is 4.51. The molecule has 0 saturated heterocycles. The van der Waals surface area contributed by atoms with Crippen LogP contribution in [0.25, 0.3) is 0 Å². The van der Waals surface area contributed by atoms with Crippen molar-refractivity contribution in [3.8, 4) is 5.75 Å². The number of hydrogen-bond donors (Lipinski definition) is 0. The molecule has 1 heteroatoms. The number of rotatable bonds is 2. The first-order valence-corrected chi connectivity index (χ1v) is 5.49. The summed E-state index contributed by atoms with van der Waals surface area (Å²) >= 11 is 0. The Balaban J connectivity index is 0.000000293. The van der Waals surface area contributed by atoms with Gasteiger partial charge in [0.15, 0.2) is 0 Å². The first-order valence-electron chi connectivity index (χ1n) is 5.49. The van der Waals surface area contributed by atoms with Crippen molar-refractivity contribution in [3.63, 3.8) is 0 Å². The number of benzene rings is 1. The van der Waals surface area contributed by atoms with Crippen molar-refractivity contribution in [1.82, 2.24) is 0 Å². The van der Waals surface area contributed by atoms with Gasteiger partial charge in [0.05, 0.1) is 6.10 Å². The molecule has 1 aliphatic rings. The van der Waals surface area contributed by atoms with E-state index in [9.17, 15) is 0 Å². The maximum Gasteiger partial charge on any atom is 0.119 e. The monoisotopic (exact) mass is 192 g/mol. The van der Waals surface area contributed by atoms with Crippen LogP contribution in [-0.4, -0.2) is 6.10 Å². The molecule has 0 amide bonds. The Labute approximate surface area is 87.1 Å². The number of hydrogen-bond acceptors (Lipinski definition) is 1. The van der Waals surface area contributed by atoms with Gasteiger partial charge < -0.3 is 4.74 Å². The highest BCUT2D eigenvalue weighted by molar-refractivity contribution is 5.26. The van der Waals surface area contributed by atoms with Gasteiger partial charge >= 0.3 is 0 Å². The molecule has 2 rings (SSSR count). The van der Waals surface area contributed by atoms with Gasteiger partial charge in [-0.25, -0.2) is 0 Å². The Morgan fingerprint density at radius 3 is 2.07 bits per heavy atom. The van der Waals surface area contributed by atoms with Crippen molar-refractivity contribution in [1.29, 1.82) is 0 Å². The Morgan fingerprint density at radius 2 is 1.64 bits per heavy atom. The molecule has 1 nitrogen and oxygen atoms in total. The van der Waals surface area contributed by atoms with E-state index in [1.165, 1.54) is 24.8 Å². The third-order valence-corrected chi connectivity index (χ3v) is 1.85. The summed E-state index contributed by atoms with van der Waals surface area (Å²) in [6.45, 7) is 6.33. The highest BCUT2D eigenvalue weighted by Gasteiger charge is 2.23. The van der Waals surface area contributed by atoms with Crippen LogP contribution in [-0.2, 0) is 0 Å². The van der Waals surface area contributed by atoms with E-state index < -0.39 is 0 Å². The van der Waals surface area contributed by atoms with Crippen molar-refractivity contribution < 1.29 is 4.74 Å². The smallest absolute Gasteiger partial charge is 0.119 e. The first kappa shape index (κ1) is 11.1. The summed E-state index contributed by atoms with van der Waals surface area (Å²) < 4.78 is 5.58. The van der Waals surface area contributed by atoms with Crippen molar-refractivity contribution in [2.24, 2.45) is 0 Å². The average molecular weight is 192 g/mol. The van der Waals surface area contributed by atoms with Crippen LogP contribution >= 0.6 is 0 Å². The van der Waals surface area contributed by atoms with Gasteiger partial charge in [0, 0.05) is 0 Å². The third kappa shape index (κ3) is 4.31. The summed E-state index contributed by atoms with van der Waals surface area (Å²) in [7, 11) is 0. The second kappa shape index (κ2) is 5.69. The summed E-state index contributed by atoms with van der Waals surface area (Å²) in [5.41, 5.74) is 1.29. The maximum atomic E-state index is 5.58. The van der Waals surface area contributed by atoms with Gasteiger partial charge in [-0.15, -0.1) is 0 Å². The minimum absolute atomic E-state index is 0.512. The van der Waals surface area contributed by atoms with Crippen LogP contribution in [0, 0.1) is 6.92 Å². The van der Waals surface area contributed by atoms with Gasteiger partial charge in [-0.3, -0.25) is 0 Å². The van der Waals surface area contributed by atoms with E-state index in [2.05, 4.69) is 32.9 Å². The predicted octanol–water partition coefficient (Wildman–Crippen LogP) is 3.95. The molecule has 0 bridgehead atoms. The van der Waals surface area contributed by atoms with Crippen LogP contribution in [0.3, 0.4) is 0 Å². The molecular weight excluding hydrogens is 172 g/mol. The Bertz CT molecular complexity index is 246. The van der Waals surface area contributed by atoms with E-state index in [0.717, 1.165) is 5.75 Å². The van der Waals surface area contributed by atoms with Crippen molar-refractivity contribution in [2.45, 2.75) is 46.1 Å². The minimum atomic E-state index is 0.512. The Hall–Kier alpha value is -0.980. The van der Waals surface area contributed by atoms with Gasteiger partial charge in [0.2, 0.25) is 0 Å². The summed E-state index contributed by atoms with van der Waals surface area (Å²) in [6.07, 6.45) is 4.22. The van der Waals surface area contributed by atoms with E-state index in [0.29, 0.717) is 6.10 Å². The van der Waals surface area contributed by atoms with Gasteiger partial charge in [-0.05, 0) is 31.9 Å². The molecule has 78 valence electrons. The molecule has 0 spiro atoms. The van der Waals surface area contributed by atoms with E-state index in [4.69, 9.17) is 4.74 Å². The summed E-state index contributed by atoms with van der Waals surface area (Å²) in [5, 5.41) is 0. The van der Waals surface area contributed by atoms with Crippen LogP contribution in [0.2, 0.25) is 0 Å². The first-order chi connectivity index (χ1) is 6.76. The molecule has 1 saturated carbocycles. The molecule has 0 aliphatic heterocycles.